The first kappa shape index (κ1) is 101. The van der Waals surface area contributed by atoms with Crippen LogP contribution in [-0.4, -0.2) is 96.7 Å². The Morgan fingerprint density at radius 1 is 0.233 bits per heavy atom. The zero-order chi connectivity index (χ0) is 75.3. The summed E-state index contributed by atoms with van der Waals surface area (Å²) < 4.78 is 68.8. The second-order valence-electron chi connectivity index (χ2n) is 30.2. The number of hydrogen-bond donors (Lipinski definition) is 3. The fraction of sp³-hybridized carbons (Fsp3) is 0.952. The Morgan fingerprint density at radius 3 is 0.573 bits per heavy atom. The molecule has 0 aliphatic rings. The summed E-state index contributed by atoms with van der Waals surface area (Å²) in [5, 5.41) is 10.7. The van der Waals surface area contributed by atoms with Crippen LogP contribution in [0, 0.1) is 0 Å². The van der Waals surface area contributed by atoms with Gasteiger partial charge in [0.2, 0.25) is 0 Å². The molecule has 103 heavy (non-hydrogen) atoms. The molecule has 0 spiro atoms. The molecule has 0 amide bonds. The van der Waals surface area contributed by atoms with Gasteiger partial charge in [-0.1, -0.05) is 407 Å². The Hall–Kier alpha value is -1.94. The van der Waals surface area contributed by atoms with Gasteiger partial charge in [-0.2, -0.15) is 0 Å². The van der Waals surface area contributed by atoms with E-state index in [-0.39, 0.29) is 25.7 Å². The molecule has 0 saturated heterocycles. The van der Waals surface area contributed by atoms with E-state index in [2.05, 4.69) is 27.7 Å². The number of esters is 4. The molecule has 2 unspecified atom stereocenters. The van der Waals surface area contributed by atoms with Crippen LogP contribution in [-0.2, 0) is 65.4 Å². The fourth-order valence-electron chi connectivity index (χ4n) is 13.2. The average Bonchev–Trinajstić information content (AvgIpc) is 0.925. The lowest BCUT2D eigenvalue weighted by Gasteiger charge is -2.21. The number of ether oxygens (including phenoxy) is 4. The summed E-state index contributed by atoms with van der Waals surface area (Å²) in [7, 11) is -9.92. The number of aliphatic hydroxyl groups is 1. The Balaban J connectivity index is 5.22. The Kier molecular flexibility index (Phi) is 76.7. The number of unbranched alkanes of at least 4 members (excludes halogenated alkanes) is 59. The van der Waals surface area contributed by atoms with Gasteiger partial charge in [-0.15, -0.1) is 0 Å². The van der Waals surface area contributed by atoms with E-state index in [1.54, 1.807) is 0 Å². The molecule has 612 valence electrons. The normalized spacial score (nSPS) is 13.7. The van der Waals surface area contributed by atoms with E-state index in [0.29, 0.717) is 25.7 Å². The lowest BCUT2D eigenvalue weighted by molar-refractivity contribution is -0.161. The maximum absolute atomic E-state index is 13.1. The molecule has 0 heterocycles. The van der Waals surface area contributed by atoms with Gasteiger partial charge in [0.1, 0.15) is 19.3 Å². The van der Waals surface area contributed by atoms with E-state index < -0.39 is 97.5 Å². The van der Waals surface area contributed by atoms with Crippen molar-refractivity contribution < 1.29 is 80.2 Å². The molecule has 0 radical (unpaired) electrons. The first-order chi connectivity index (χ1) is 50.2. The van der Waals surface area contributed by atoms with Crippen LogP contribution < -0.4 is 0 Å². The van der Waals surface area contributed by atoms with Crippen LogP contribution in [0.4, 0.5) is 0 Å². The number of carbonyl (C=O) groups excluding carboxylic acids is 4. The van der Waals surface area contributed by atoms with Gasteiger partial charge >= 0.3 is 39.5 Å². The largest absolute Gasteiger partial charge is 0.472 e. The minimum atomic E-state index is -4.96. The Bertz CT molecular complexity index is 1950. The number of hydrogen-bond acceptors (Lipinski definition) is 15. The minimum absolute atomic E-state index is 0.109. The molecule has 0 saturated carbocycles. The van der Waals surface area contributed by atoms with Gasteiger partial charge in [0.15, 0.2) is 12.2 Å². The molecule has 0 aromatic carbocycles. The predicted molar refractivity (Wildman–Crippen MR) is 423 cm³/mol. The standard InChI is InChI=1S/C84H164O17P2/c1-5-9-13-17-21-25-29-32-35-37-39-41-44-46-49-53-57-61-65-69-82(87)95-75-80(101-84(89)71-67-63-59-55-51-48-45-42-40-38-36-33-30-26-22-18-14-10-6-2)77-99-103(92,93)97-73-78(85)72-96-102(90,91)98-76-79(74-94-81(86)68-64-60-56-52-28-24-20-16-12-8-4)100-83(88)70-66-62-58-54-50-47-43-34-31-27-23-19-15-11-7-3/h78-80,85H,5-77H2,1-4H3,(H,90,91)(H,92,93)/t78-,79+,80+/m0/s1. The highest BCUT2D eigenvalue weighted by Gasteiger charge is 2.30. The second-order valence-corrected chi connectivity index (χ2v) is 33.1. The number of phosphoric acid groups is 2. The molecular formula is C84H164O17P2. The third-order valence-electron chi connectivity index (χ3n) is 19.9. The fourth-order valence-corrected chi connectivity index (χ4v) is 14.7. The molecule has 0 bridgehead atoms. The molecule has 0 fully saturated rings. The van der Waals surface area contributed by atoms with Crippen molar-refractivity contribution in [2.45, 2.75) is 476 Å². The maximum atomic E-state index is 13.1. The zero-order valence-electron chi connectivity index (χ0n) is 67.3. The molecule has 0 aromatic rings. The smallest absolute Gasteiger partial charge is 0.462 e. The zero-order valence-corrected chi connectivity index (χ0v) is 69.1. The first-order valence-electron chi connectivity index (χ1n) is 43.8. The number of aliphatic hydroxyl groups excluding tert-OH is 1. The SMILES string of the molecule is CCCCCCCCCCCCCCCCCCCCCC(=O)OC[C@H](COP(=O)(O)OC[C@@H](O)COP(=O)(O)OC[C@@H](COC(=O)CCCCCCCCCCCC)OC(=O)CCCCCCCCCCCCCCCCC)OC(=O)CCCCCCCCCCCCCCCCCCCCC. The van der Waals surface area contributed by atoms with Crippen molar-refractivity contribution in [1.82, 2.24) is 0 Å². The summed E-state index contributed by atoms with van der Waals surface area (Å²) in [6.45, 7) is 5.04. The minimum Gasteiger partial charge on any atom is -0.462 e. The van der Waals surface area contributed by atoms with Crippen LogP contribution in [0.25, 0.3) is 0 Å². The summed E-state index contributed by atoms with van der Waals surface area (Å²) in [5.41, 5.74) is 0. The average molecular weight is 1510 g/mol. The number of rotatable bonds is 85. The highest BCUT2D eigenvalue weighted by atomic mass is 31.2. The summed E-state index contributed by atoms with van der Waals surface area (Å²) in [6, 6.07) is 0. The van der Waals surface area contributed by atoms with Gasteiger partial charge in [0.05, 0.1) is 26.4 Å². The molecule has 0 aliphatic carbocycles. The topological polar surface area (TPSA) is 237 Å². The monoisotopic (exact) mass is 1510 g/mol. The van der Waals surface area contributed by atoms with Gasteiger partial charge in [-0.25, -0.2) is 9.13 Å². The molecule has 19 heteroatoms. The van der Waals surface area contributed by atoms with Crippen molar-refractivity contribution >= 4 is 39.5 Å². The Labute approximate surface area is 632 Å². The number of carbonyl (C=O) groups is 4. The van der Waals surface area contributed by atoms with Crippen LogP contribution in [0.15, 0.2) is 0 Å². The van der Waals surface area contributed by atoms with Gasteiger partial charge in [0, 0.05) is 25.7 Å². The van der Waals surface area contributed by atoms with Gasteiger partial charge in [-0.05, 0) is 25.7 Å². The van der Waals surface area contributed by atoms with E-state index >= 15 is 0 Å². The summed E-state index contributed by atoms with van der Waals surface area (Å²) in [4.78, 5) is 73.1. The molecular weight excluding hydrogens is 1340 g/mol. The summed E-state index contributed by atoms with van der Waals surface area (Å²) in [5.74, 6) is -2.10. The Morgan fingerprint density at radius 2 is 0.388 bits per heavy atom. The molecule has 17 nitrogen and oxygen atoms in total. The molecule has 3 N–H and O–H groups in total. The van der Waals surface area contributed by atoms with Crippen molar-refractivity contribution in [3.63, 3.8) is 0 Å². The first-order valence-corrected chi connectivity index (χ1v) is 46.8. The summed E-state index contributed by atoms with van der Waals surface area (Å²) in [6.07, 6.45) is 72.2. The van der Waals surface area contributed by atoms with Crippen LogP contribution in [0.1, 0.15) is 458 Å². The van der Waals surface area contributed by atoms with Crippen molar-refractivity contribution in [1.29, 1.82) is 0 Å². The molecule has 0 aliphatic heterocycles. The van der Waals surface area contributed by atoms with Crippen molar-refractivity contribution in [3.8, 4) is 0 Å². The lowest BCUT2D eigenvalue weighted by Crippen LogP contribution is -2.30. The van der Waals surface area contributed by atoms with Crippen molar-refractivity contribution in [2.75, 3.05) is 39.6 Å². The van der Waals surface area contributed by atoms with Gasteiger partial charge in [-0.3, -0.25) is 37.3 Å². The third-order valence-corrected chi connectivity index (χ3v) is 21.8. The lowest BCUT2D eigenvalue weighted by atomic mass is 10.0. The van der Waals surface area contributed by atoms with E-state index in [0.717, 1.165) is 89.9 Å². The van der Waals surface area contributed by atoms with Crippen molar-refractivity contribution in [2.24, 2.45) is 0 Å². The maximum Gasteiger partial charge on any atom is 0.472 e. The van der Waals surface area contributed by atoms with E-state index in [1.807, 2.05) is 0 Å². The van der Waals surface area contributed by atoms with E-state index in [4.69, 9.17) is 37.0 Å². The predicted octanol–water partition coefficient (Wildman–Crippen LogP) is 25.7. The highest BCUT2D eigenvalue weighted by molar-refractivity contribution is 7.47. The molecule has 0 aromatic heterocycles. The third kappa shape index (κ3) is 78.0. The van der Waals surface area contributed by atoms with Gasteiger partial charge in [0.25, 0.3) is 0 Å². The molecule has 5 atom stereocenters. The van der Waals surface area contributed by atoms with Crippen LogP contribution in [0.2, 0.25) is 0 Å². The molecule has 0 rings (SSSR count). The van der Waals surface area contributed by atoms with E-state index in [1.165, 1.54) is 289 Å². The number of phosphoric ester groups is 2. The van der Waals surface area contributed by atoms with Crippen LogP contribution in [0.5, 0.6) is 0 Å². The van der Waals surface area contributed by atoms with Gasteiger partial charge < -0.3 is 33.8 Å². The van der Waals surface area contributed by atoms with Crippen LogP contribution in [0.3, 0.4) is 0 Å². The quantitative estimate of drug-likeness (QED) is 0.0222. The van der Waals surface area contributed by atoms with Crippen molar-refractivity contribution in [3.05, 3.63) is 0 Å². The highest BCUT2D eigenvalue weighted by Crippen LogP contribution is 2.45. The summed E-state index contributed by atoms with van der Waals surface area (Å²) >= 11 is 0. The van der Waals surface area contributed by atoms with Crippen LogP contribution >= 0.6 is 15.6 Å². The second kappa shape index (κ2) is 78.2. The van der Waals surface area contributed by atoms with E-state index in [9.17, 15) is 43.2 Å².